The molecule has 0 radical (unpaired) electrons. The van der Waals surface area contributed by atoms with Crippen LogP contribution in [0.4, 0.5) is 17.1 Å². The van der Waals surface area contributed by atoms with Gasteiger partial charge in [0, 0.05) is 59.5 Å². The molecule has 1 unspecified atom stereocenters. The van der Waals surface area contributed by atoms with E-state index in [1.165, 1.54) is 19.3 Å². The molecule has 1 spiro atoms. The number of anilines is 3. The zero-order valence-corrected chi connectivity index (χ0v) is 24.2. The van der Waals surface area contributed by atoms with Crippen LogP contribution in [0.2, 0.25) is 0 Å². The lowest BCUT2D eigenvalue weighted by Crippen LogP contribution is -2.33. The Morgan fingerprint density at radius 2 is 1.41 bits per heavy atom. The number of carbonyl (C=O) groups excluding carboxylic acids is 1. The van der Waals surface area contributed by atoms with E-state index in [4.69, 9.17) is 9.47 Å². The molecular formula is C36H38N2O3. The second-order valence-corrected chi connectivity index (χ2v) is 10.8. The zero-order valence-electron chi connectivity index (χ0n) is 24.2. The van der Waals surface area contributed by atoms with Gasteiger partial charge in [-0.25, -0.2) is 4.79 Å². The van der Waals surface area contributed by atoms with Crippen molar-refractivity contribution in [1.29, 1.82) is 0 Å². The quantitative estimate of drug-likeness (QED) is 0.147. The summed E-state index contributed by atoms with van der Waals surface area (Å²) in [6.07, 6.45) is 4.70. The van der Waals surface area contributed by atoms with Crippen LogP contribution in [-0.2, 0) is 10.3 Å². The monoisotopic (exact) mass is 546 g/mol. The number of benzene rings is 4. The number of fused-ring (bicyclic) bond motifs is 6. The fraction of sp³-hybridized carbons (Fsp3) is 0.306. The Bertz CT molecular complexity index is 1550. The SMILES string of the molecule is CCCCCCN(c1ccccc1)c1ccc2c(c1)C1(OC(=O)c3ccccc31)c1ccc(N(CC)CC)cc1O2. The normalized spacial score (nSPS) is 16.4. The molecule has 4 aromatic rings. The molecule has 0 aliphatic carbocycles. The van der Waals surface area contributed by atoms with Crippen molar-refractivity contribution in [1.82, 2.24) is 0 Å². The van der Waals surface area contributed by atoms with E-state index in [0.717, 1.165) is 65.6 Å². The number of unbranched alkanes of at least 4 members (excludes halogenated alkanes) is 3. The molecule has 41 heavy (non-hydrogen) atoms. The maximum Gasteiger partial charge on any atom is 0.340 e. The number of esters is 1. The zero-order chi connectivity index (χ0) is 28.4. The van der Waals surface area contributed by atoms with Gasteiger partial charge in [-0.1, -0.05) is 62.6 Å². The Morgan fingerprint density at radius 3 is 2.20 bits per heavy atom. The van der Waals surface area contributed by atoms with E-state index in [0.29, 0.717) is 11.3 Å². The molecule has 0 bridgehead atoms. The molecule has 5 nitrogen and oxygen atoms in total. The van der Waals surface area contributed by atoms with Crippen molar-refractivity contribution in [3.63, 3.8) is 0 Å². The van der Waals surface area contributed by atoms with Gasteiger partial charge in [-0.05, 0) is 68.8 Å². The van der Waals surface area contributed by atoms with Gasteiger partial charge in [-0.15, -0.1) is 0 Å². The summed E-state index contributed by atoms with van der Waals surface area (Å²) in [6, 6.07) is 30.9. The molecule has 0 saturated carbocycles. The first-order valence-corrected chi connectivity index (χ1v) is 15.0. The number of carbonyl (C=O) groups is 1. The Morgan fingerprint density at radius 1 is 0.659 bits per heavy atom. The largest absolute Gasteiger partial charge is 0.456 e. The number of ether oxygens (including phenoxy) is 2. The molecule has 0 fully saturated rings. The molecule has 5 heteroatoms. The molecule has 1 atom stereocenters. The highest BCUT2D eigenvalue weighted by Crippen LogP contribution is 2.57. The standard InChI is InChI=1S/C36H38N2O3/c1-4-7-8-14-23-38(26-15-10-9-11-16-26)28-20-22-33-32(24-28)36(30-18-13-12-17-29(30)35(39)41-36)31-21-19-27(25-34(31)40-33)37(5-2)6-3/h9-13,15-22,24-25H,4-8,14,23H2,1-3H3. The predicted molar refractivity (Wildman–Crippen MR) is 166 cm³/mol. The molecule has 2 heterocycles. The van der Waals surface area contributed by atoms with Crippen molar-refractivity contribution in [2.24, 2.45) is 0 Å². The highest BCUT2D eigenvalue weighted by molar-refractivity contribution is 5.97. The van der Waals surface area contributed by atoms with Crippen LogP contribution in [0.1, 0.15) is 73.5 Å². The fourth-order valence-corrected chi connectivity index (χ4v) is 6.31. The number of nitrogens with zero attached hydrogens (tertiary/aromatic N) is 2. The summed E-state index contributed by atoms with van der Waals surface area (Å²) in [7, 11) is 0. The minimum atomic E-state index is -1.08. The summed E-state index contributed by atoms with van der Waals surface area (Å²) in [5, 5.41) is 0. The van der Waals surface area contributed by atoms with Gasteiger partial charge in [-0.3, -0.25) is 0 Å². The predicted octanol–water partition coefficient (Wildman–Crippen LogP) is 8.82. The molecular weight excluding hydrogens is 508 g/mol. The lowest BCUT2D eigenvalue weighted by atomic mass is 9.77. The van der Waals surface area contributed by atoms with Crippen LogP contribution in [0.25, 0.3) is 0 Å². The highest BCUT2D eigenvalue weighted by Gasteiger charge is 2.53. The van der Waals surface area contributed by atoms with Crippen LogP contribution < -0.4 is 14.5 Å². The molecule has 0 N–H and O–H groups in total. The number of rotatable bonds is 10. The van der Waals surface area contributed by atoms with Gasteiger partial charge in [0.05, 0.1) is 5.56 Å². The maximum absolute atomic E-state index is 13.4. The van der Waals surface area contributed by atoms with Crippen molar-refractivity contribution < 1.29 is 14.3 Å². The third-order valence-corrected chi connectivity index (χ3v) is 8.42. The van der Waals surface area contributed by atoms with Crippen LogP contribution in [0, 0.1) is 0 Å². The minimum Gasteiger partial charge on any atom is -0.456 e. The van der Waals surface area contributed by atoms with Gasteiger partial charge >= 0.3 is 5.97 Å². The first-order chi connectivity index (χ1) is 20.1. The van der Waals surface area contributed by atoms with Crippen molar-refractivity contribution in [3.8, 4) is 11.5 Å². The van der Waals surface area contributed by atoms with Crippen LogP contribution in [-0.4, -0.2) is 25.6 Å². The summed E-state index contributed by atoms with van der Waals surface area (Å²) >= 11 is 0. The van der Waals surface area contributed by atoms with Crippen LogP contribution in [0.5, 0.6) is 11.5 Å². The second kappa shape index (κ2) is 11.3. The second-order valence-electron chi connectivity index (χ2n) is 10.8. The fourth-order valence-electron chi connectivity index (χ4n) is 6.31. The van der Waals surface area contributed by atoms with E-state index in [1.807, 2.05) is 36.4 Å². The summed E-state index contributed by atoms with van der Waals surface area (Å²) in [5.41, 5.74) is 5.36. The Kier molecular flexibility index (Phi) is 7.44. The van der Waals surface area contributed by atoms with Crippen molar-refractivity contribution in [2.75, 3.05) is 29.4 Å². The Hall–Kier alpha value is -4.25. The molecule has 2 aliphatic heterocycles. The summed E-state index contributed by atoms with van der Waals surface area (Å²) in [5.74, 6) is 1.12. The van der Waals surface area contributed by atoms with Crippen molar-refractivity contribution >= 4 is 23.0 Å². The average molecular weight is 547 g/mol. The lowest BCUT2D eigenvalue weighted by molar-refractivity contribution is 0.0224. The summed E-state index contributed by atoms with van der Waals surface area (Å²) < 4.78 is 13.1. The Labute approximate surface area is 243 Å². The molecule has 2 aliphatic rings. The van der Waals surface area contributed by atoms with E-state index in [1.54, 1.807) is 0 Å². The Balaban J connectivity index is 1.52. The van der Waals surface area contributed by atoms with Gasteiger partial charge in [0.2, 0.25) is 0 Å². The van der Waals surface area contributed by atoms with E-state index < -0.39 is 5.60 Å². The smallest absolute Gasteiger partial charge is 0.340 e. The van der Waals surface area contributed by atoms with Crippen molar-refractivity contribution in [3.05, 3.63) is 113 Å². The van der Waals surface area contributed by atoms with Crippen LogP contribution in [0.15, 0.2) is 91.0 Å². The van der Waals surface area contributed by atoms with Crippen LogP contribution in [0.3, 0.4) is 0 Å². The van der Waals surface area contributed by atoms with Gasteiger partial charge in [-0.2, -0.15) is 0 Å². The van der Waals surface area contributed by atoms with Gasteiger partial charge in [0.25, 0.3) is 0 Å². The molecule has 0 amide bonds. The van der Waals surface area contributed by atoms with E-state index >= 15 is 0 Å². The molecule has 4 aromatic carbocycles. The van der Waals surface area contributed by atoms with Crippen molar-refractivity contribution in [2.45, 2.75) is 52.1 Å². The lowest BCUT2D eigenvalue weighted by Gasteiger charge is -2.38. The van der Waals surface area contributed by atoms with Gasteiger partial charge in [0.15, 0.2) is 5.60 Å². The van der Waals surface area contributed by atoms with Crippen LogP contribution >= 0.6 is 0 Å². The first kappa shape index (κ1) is 26.9. The molecule has 0 aromatic heterocycles. The first-order valence-electron chi connectivity index (χ1n) is 15.0. The molecule has 0 saturated heterocycles. The third-order valence-electron chi connectivity index (χ3n) is 8.42. The maximum atomic E-state index is 13.4. The van der Waals surface area contributed by atoms with Gasteiger partial charge < -0.3 is 19.3 Å². The highest BCUT2D eigenvalue weighted by atomic mass is 16.6. The number of para-hydroxylation sites is 1. The van der Waals surface area contributed by atoms with Gasteiger partial charge in [0.1, 0.15) is 11.5 Å². The summed E-state index contributed by atoms with van der Waals surface area (Å²) in [6.45, 7) is 9.23. The van der Waals surface area contributed by atoms with E-state index in [2.05, 4.69) is 85.2 Å². The van der Waals surface area contributed by atoms with E-state index in [-0.39, 0.29) is 5.97 Å². The molecule has 210 valence electrons. The topological polar surface area (TPSA) is 42.0 Å². The molecule has 6 rings (SSSR count). The number of hydrogen-bond acceptors (Lipinski definition) is 5. The van der Waals surface area contributed by atoms with E-state index in [9.17, 15) is 4.79 Å². The minimum absolute atomic E-state index is 0.308. The number of hydrogen-bond donors (Lipinski definition) is 0. The third kappa shape index (κ3) is 4.63. The average Bonchev–Trinajstić information content (AvgIpc) is 3.31. The summed E-state index contributed by atoms with van der Waals surface area (Å²) in [4.78, 5) is 18.0.